The van der Waals surface area contributed by atoms with E-state index in [1.165, 1.54) is 0 Å². The minimum Gasteiger partial charge on any atom is -0.384 e. The number of anilines is 1. The van der Waals surface area contributed by atoms with E-state index >= 15 is 0 Å². The van der Waals surface area contributed by atoms with Crippen molar-refractivity contribution >= 4 is 5.82 Å². The zero-order chi connectivity index (χ0) is 14.7. The van der Waals surface area contributed by atoms with E-state index in [1.54, 1.807) is 6.07 Å². The molecule has 2 N–H and O–H groups in total. The number of nitrogens with zero attached hydrogens (tertiary/aromatic N) is 4. The first-order chi connectivity index (χ1) is 10.3. The highest BCUT2D eigenvalue weighted by Crippen LogP contribution is 2.22. The standard InChI is InChI=1S/C16H17N5/c1-2-8-21-11-13(10-18-21)14-9-15(17)20-16(19-14)12-6-4-3-5-7-12/h3-7,9-11H,2,8H2,1H3,(H2,17,19,20). The van der Waals surface area contributed by atoms with Crippen LogP contribution in [0.15, 0.2) is 48.8 Å². The predicted octanol–water partition coefficient (Wildman–Crippen LogP) is 3.00. The number of hydrogen-bond acceptors (Lipinski definition) is 4. The molecular weight excluding hydrogens is 262 g/mol. The van der Waals surface area contributed by atoms with Crippen molar-refractivity contribution < 1.29 is 0 Å². The van der Waals surface area contributed by atoms with Crippen LogP contribution in [0.3, 0.4) is 0 Å². The molecule has 0 bridgehead atoms. The maximum atomic E-state index is 5.92. The molecule has 0 spiro atoms. The molecule has 0 amide bonds. The van der Waals surface area contributed by atoms with Crippen molar-refractivity contribution in [3.63, 3.8) is 0 Å². The van der Waals surface area contributed by atoms with Gasteiger partial charge in [0.25, 0.3) is 0 Å². The molecule has 5 nitrogen and oxygen atoms in total. The zero-order valence-corrected chi connectivity index (χ0v) is 11.9. The molecule has 3 rings (SSSR count). The van der Waals surface area contributed by atoms with Crippen LogP contribution in [0.5, 0.6) is 0 Å². The van der Waals surface area contributed by atoms with Crippen LogP contribution >= 0.6 is 0 Å². The summed E-state index contributed by atoms with van der Waals surface area (Å²) in [7, 11) is 0. The molecule has 3 aromatic rings. The Hall–Kier alpha value is -2.69. The number of nitrogens with two attached hydrogens (primary N) is 1. The number of rotatable bonds is 4. The number of benzene rings is 1. The molecule has 1 aromatic carbocycles. The smallest absolute Gasteiger partial charge is 0.162 e. The van der Waals surface area contributed by atoms with E-state index < -0.39 is 0 Å². The Balaban J connectivity index is 2.01. The molecule has 0 saturated carbocycles. The van der Waals surface area contributed by atoms with Gasteiger partial charge in [-0.05, 0) is 6.42 Å². The highest BCUT2D eigenvalue weighted by Gasteiger charge is 2.08. The van der Waals surface area contributed by atoms with Crippen LogP contribution in [0.2, 0.25) is 0 Å². The van der Waals surface area contributed by atoms with Gasteiger partial charge in [0.05, 0.1) is 11.9 Å². The van der Waals surface area contributed by atoms with E-state index in [9.17, 15) is 0 Å². The normalized spacial score (nSPS) is 10.7. The molecule has 0 aliphatic heterocycles. The molecule has 5 heteroatoms. The number of hydrogen-bond donors (Lipinski definition) is 1. The fraction of sp³-hybridized carbons (Fsp3) is 0.188. The summed E-state index contributed by atoms with van der Waals surface area (Å²) in [6, 6.07) is 11.6. The maximum Gasteiger partial charge on any atom is 0.162 e. The fourth-order valence-corrected chi connectivity index (χ4v) is 2.18. The van der Waals surface area contributed by atoms with Gasteiger partial charge in [0.15, 0.2) is 5.82 Å². The lowest BCUT2D eigenvalue weighted by Crippen LogP contribution is -1.98. The fourth-order valence-electron chi connectivity index (χ4n) is 2.18. The first-order valence-corrected chi connectivity index (χ1v) is 6.99. The van der Waals surface area contributed by atoms with Gasteiger partial charge < -0.3 is 5.73 Å². The summed E-state index contributed by atoms with van der Waals surface area (Å²) in [5.41, 5.74) is 8.62. The Morgan fingerprint density at radius 3 is 2.67 bits per heavy atom. The number of aryl methyl sites for hydroxylation is 1. The Morgan fingerprint density at radius 1 is 1.10 bits per heavy atom. The van der Waals surface area contributed by atoms with Gasteiger partial charge in [0.1, 0.15) is 5.82 Å². The second-order valence-corrected chi connectivity index (χ2v) is 4.86. The Labute approximate surface area is 123 Å². The van der Waals surface area contributed by atoms with Gasteiger partial charge in [-0.15, -0.1) is 0 Å². The topological polar surface area (TPSA) is 69.6 Å². The first kappa shape index (κ1) is 13.3. The average Bonchev–Trinajstić information content (AvgIpc) is 2.97. The zero-order valence-electron chi connectivity index (χ0n) is 11.9. The number of nitrogen functional groups attached to an aromatic ring is 1. The van der Waals surface area contributed by atoms with Crippen LogP contribution < -0.4 is 5.73 Å². The summed E-state index contributed by atoms with van der Waals surface area (Å²) in [4.78, 5) is 8.92. The monoisotopic (exact) mass is 279 g/mol. The number of aromatic nitrogens is 4. The van der Waals surface area contributed by atoms with E-state index in [0.717, 1.165) is 29.8 Å². The van der Waals surface area contributed by atoms with Crippen molar-refractivity contribution in [2.75, 3.05) is 5.73 Å². The van der Waals surface area contributed by atoms with Crippen LogP contribution in [-0.2, 0) is 6.54 Å². The van der Waals surface area contributed by atoms with Crippen LogP contribution in [0.4, 0.5) is 5.82 Å². The Kier molecular flexibility index (Phi) is 3.64. The van der Waals surface area contributed by atoms with Gasteiger partial charge in [-0.3, -0.25) is 4.68 Å². The second-order valence-electron chi connectivity index (χ2n) is 4.86. The molecule has 0 aliphatic carbocycles. The molecule has 2 heterocycles. The quantitative estimate of drug-likeness (QED) is 0.797. The third-order valence-electron chi connectivity index (χ3n) is 3.16. The lowest BCUT2D eigenvalue weighted by molar-refractivity contribution is 0.603. The largest absolute Gasteiger partial charge is 0.384 e. The van der Waals surface area contributed by atoms with Crippen molar-refractivity contribution in [2.24, 2.45) is 0 Å². The molecular formula is C16H17N5. The van der Waals surface area contributed by atoms with Crippen molar-refractivity contribution in [2.45, 2.75) is 19.9 Å². The molecule has 0 unspecified atom stereocenters. The summed E-state index contributed by atoms with van der Waals surface area (Å²) in [6.45, 7) is 3.02. The summed E-state index contributed by atoms with van der Waals surface area (Å²) < 4.78 is 1.91. The molecule has 0 aliphatic rings. The lowest BCUT2D eigenvalue weighted by atomic mass is 10.2. The van der Waals surface area contributed by atoms with Gasteiger partial charge in [0, 0.05) is 29.9 Å². The maximum absolute atomic E-state index is 5.92. The average molecular weight is 279 g/mol. The van der Waals surface area contributed by atoms with Crippen LogP contribution in [0, 0.1) is 0 Å². The molecule has 0 fully saturated rings. The van der Waals surface area contributed by atoms with Crippen LogP contribution in [0.25, 0.3) is 22.6 Å². The third-order valence-corrected chi connectivity index (χ3v) is 3.16. The van der Waals surface area contributed by atoms with Gasteiger partial charge in [0.2, 0.25) is 0 Å². The van der Waals surface area contributed by atoms with Crippen LogP contribution in [-0.4, -0.2) is 19.7 Å². The summed E-state index contributed by atoms with van der Waals surface area (Å²) in [6.07, 6.45) is 4.84. The van der Waals surface area contributed by atoms with Gasteiger partial charge in [-0.25, -0.2) is 9.97 Å². The predicted molar refractivity (Wildman–Crippen MR) is 83.4 cm³/mol. The van der Waals surface area contributed by atoms with Crippen molar-refractivity contribution in [3.8, 4) is 22.6 Å². The minimum atomic E-state index is 0.460. The molecule has 21 heavy (non-hydrogen) atoms. The highest BCUT2D eigenvalue weighted by molar-refractivity contribution is 5.65. The van der Waals surface area contributed by atoms with Gasteiger partial charge >= 0.3 is 0 Å². The van der Waals surface area contributed by atoms with Gasteiger partial charge in [-0.2, -0.15) is 5.10 Å². The minimum absolute atomic E-state index is 0.460. The van der Waals surface area contributed by atoms with Crippen molar-refractivity contribution in [3.05, 3.63) is 48.8 Å². The van der Waals surface area contributed by atoms with E-state index in [2.05, 4.69) is 22.0 Å². The third kappa shape index (κ3) is 2.91. The summed E-state index contributed by atoms with van der Waals surface area (Å²) in [5.74, 6) is 1.09. The van der Waals surface area contributed by atoms with Crippen molar-refractivity contribution in [1.82, 2.24) is 19.7 Å². The summed E-state index contributed by atoms with van der Waals surface area (Å²) in [5, 5.41) is 4.33. The van der Waals surface area contributed by atoms with E-state index in [4.69, 9.17) is 5.73 Å². The van der Waals surface area contributed by atoms with Gasteiger partial charge in [-0.1, -0.05) is 37.3 Å². The molecule has 2 aromatic heterocycles. The second kappa shape index (κ2) is 5.75. The summed E-state index contributed by atoms with van der Waals surface area (Å²) >= 11 is 0. The first-order valence-electron chi connectivity index (χ1n) is 6.99. The van der Waals surface area contributed by atoms with E-state index in [-0.39, 0.29) is 0 Å². The van der Waals surface area contributed by atoms with E-state index in [1.807, 2.05) is 47.4 Å². The van der Waals surface area contributed by atoms with E-state index in [0.29, 0.717) is 11.6 Å². The highest BCUT2D eigenvalue weighted by atomic mass is 15.3. The lowest BCUT2D eigenvalue weighted by Gasteiger charge is -2.04. The SMILES string of the molecule is CCCn1cc(-c2cc(N)nc(-c3ccccc3)n2)cn1. The molecule has 106 valence electrons. The Morgan fingerprint density at radius 2 is 1.90 bits per heavy atom. The molecule has 0 atom stereocenters. The van der Waals surface area contributed by atoms with Crippen molar-refractivity contribution in [1.29, 1.82) is 0 Å². The Bertz CT molecular complexity index is 733. The molecule has 0 saturated heterocycles. The van der Waals surface area contributed by atoms with Crippen LogP contribution in [0.1, 0.15) is 13.3 Å². The molecule has 0 radical (unpaired) electrons.